The molecule has 1 amide bonds. The van der Waals surface area contributed by atoms with Crippen LogP contribution in [-0.2, 0) is 14.3 Å². The number of amides is 1. The molecule has 0 radical (unpaired) electrons. The normalized spacial score (nSPS) is 25.6. The van der Waals surface area contributed by atoms with Gasteiger partial charge in [-0.3, -0.25) is 9.59 Å². The molecule has 1 saturated heterocycles. The third kappa shape index (κ3) is 3.96. The van der Waals surface area contributed by atoms with E-state index < -0.39 is 11.4 Å². The lowest BCUT2D eigenvalue weighted by atomic mass is 9.77. The zero-order valence-corrected chi connectivity index (χ0v) is 13.0. The van der Waals surface area contributed by atoms with E-state index in [1.165, 1.54) is 0 Å². The first-order chi connectivity index (χ1) is 10.1. The van der Waals surface area contributed by atoms with Crippen LogP contribution >= 0.6 is 0 Å². The molecule has 2 fully saturated rings. The van der Waals surface area contributed by atoms with Gasteiger partial charge in [0.25, 0.3) is 0 Å². The van der Waals surface area contributed by atoms with E-state index in [1.54, 1.807) is 7.11 Å². The second-order valence-corrected chi connectivity index (χ2v) is 6.63. The second-order valence-electron chi connectivity index (χ2n) is 6.63. The van der Waals surface area contributed by atoms with Gasteiger partial charge in [-0.15, -0.1) is 0 Å². The Labute approximate surface area is 126 Å². The number of carbonyl (C=O) groups is 2. The second kappa shape index (κ2) is 7.25. The minimum absolute atomic E-state index is 0.0119. The van der Waals surface area contributed by atoms with Crippen LogP contribution in [0.1, 0.15) is 51.4 Å². The van der Waals surface area contributed by atoms with E-state index in [1.807, 2.05) is 4.90 Å². The Bertz CT molecular complexity index is 374. The van der Waals surface area contributed by atoms with Gasteiger partial charge >= 0.3 is 5.97 Å². The molecule has 1 unspecified atom stereocenters. The van der Waals surface area contributed by atoms with E-state index >= 15 is 0 Å². The number of carbonyl (C=O) groups excluding carboxylic acids is 1. The molecule has 2 rings (SSSR count). The van der Waals surface area contributed by atoms with Gasteiger partial charge in [0, 0.05) is 32.5 Å². The molecule has 1 saturated carbocycles. The van der Waals surface area contributed by atoms with Crippen molar-refractivity contribution >= 4 is 11.9 Å². The lowest BCUT2D eigenvalue weighted by Crippen LogP contribution is -2.39. The topological polar surface area (TPSA) is 66.8 Å². The van der Waals surface area contributed by atoms with Crippen molar-refractivity contribution < 1.29 is 19.4 Å². The predicted octanol–water partition coefficient (Wildman–Crippen LogP) is 2.30. The number of hydrogen-bond acceptors (Lipinski definition) is 3. The van der Waals surface area contributed by atoms with Gasteiger partial charge in [0.2, 0.25) is 5.91 Å². The quantitative estimate of drug-likeness (QED) is 0.791. The predicted molar refractivity (Wildman–Crippen MR) is 79.0 cm³/mol. The highest BCUT2D eigenvalue weighted by Gasteiger charge is 2.42. The fraction of sp³-hybridized carbons (Fsp3) is 0.875. The van der Waals surface area contributed by atoms with Crippen LogP contribution in [0.5, 0.6) is 0 Å². The summed E-state index contributed by atoms with van der Waals surface area (Å²) in [7, 11) is 1.68. The van der Waals surface area contributed by atoms with Gasteiger partial charge in [-0.2, -0.15) is 0 Å². The molecule has 1 atom stereocenters. The molecule has 120 valence electrons. The van der Waals surface area contributed by atoms with Gasteiger partial charge < -0.3 is 14.7 Å². The first kappa shape index (κ1) is 16.3. The standard InChI is InChI=1S/C16H27NO4/c1-21-12-13-6-9-17(11-13)14(18)10-16(15(19)20)7-4-2-3-5-8-16/h13H,2-12H2,1H3,(H,19,20). The van der Waals surface area contributed by atoms with Gasteiger partial charge in [-0.05, 0) is 19.3 Å². The van der Waals surface area contributed by atoms with E-state index in [0.717, 1.165) is 38.6 Å². The van der Waals surface area contributed by atoms with Gasteiger partial charge in [0.15, 0.2) is 0 Å². The molecule has 0 aromatic rings. The van der Waals surface area contributed by atoms with Crippen LogP contribution in [0.4, 0.5) is 0 Å². The molecule has 1 N–H and O–H groups in total. The number of nitrogens with zero attached hydrogens (tertiary/aromatic N) is 1. The molecule has 0 aromatic heterocycles. The number of methoxy groups -OCH3 is 1. The van der Waals surface area contributed by atoms with Crippen LogP contribution in [0.3, 0.4) is 0 Å². The molecule has 21 heavy (non-hydrogen) atoms. The van der Waals surface area contributed by atoms with E-state index in [4.69, 9.17) is 4.74 Å². The van der Waals surface area contributed by atoms with Crippen LogP contribution in [0, 0.1) is 11.3 Å². The van der Waals surface area contributed by atoms with Crippen LogP contribution in [0.2, 0.25) is 0 Å². The molecule has 1 aliphatic carbocycles. The highest BCUT2D eigenvalue weighted by molar-refractivity contribution is 5.85. The number of likely N-dealkylation sites (tertiary alicyclic amines) is 1. The summed E-state index contributed by atoms with van der Waals surface area (Å²) in [6, 6.07) is 0. The summed E-state index contributed by atoms with van der Waals surface area (Å²) in [5, 5.41) is 9.65. The molecular formula is C16H27NO4. The number of carboxylic acids is 1. The smallest absolute Gasteiger partial charge is 0.310 e. The molecule has 5 heteroatoms. The maximum Gasteiger partial charge on any atom is 0.310 e. The lowest BCUT2D eigenvalue weighted by molar-refractivity contribution is -0.154. The number of rotatable bonds is 5. The zero-order valence-electron chi connectivity index (χ0n) is 13.0. The Morgan fingerprint density at radius 1 is 1.24 bits per heavy atom. The zero-order chi connectivity index (χ0) is 15.3. The molecule has 0 bridgehead atoms. The number of aliphatic carboxylic acids is 1. The molecule has 0 spiro atoms. The summed E-state index contributed by atoms with van der Waals surface area (Å²) in [5.74, 6) is -0.378. The minimum Gasteiger partial charge on any atom is -0.481 e. The van der Waals surface area contributed by atoms with E-state index in [0.29, 0.717) is 31.9 Å². The maximum absolute atomic E-state index is 12.5. The monoisotopic (exact) mass is 297 g/mol. The highest BCUT2D eigenvalue weighted by atomic mass is 16.5. The fourth-order valence-electron chi connectivity index (χ4n) is 3.70. The lowest BCUT2D eigenvalue weighted by Gasteiger charge is -2.29. The Kier molecular flexibility index (Phi) is 5.62. The third-order valence-corrected chi connectivity index (χ3v) is 5.04. The van der Waals surface area contributed by atoms with Crippen molar-refractivity contribution in [2.24, 2.45) is 11.3 Å². The number of carboxylic acid groups (broad SMARTS) is 1. The van der Waals surface area contributed by atoms with Crippen molar-refractivity contribution in [3.63, 3.8) is 0 Å². The molecular weight excluding hydrogens is 270 g/mol. The van der Waals surface area contributed by atoms with Gasteiger partial charge in [0.05, 0.1) is 12.0 Å². The summed E-state index contributed by atoms with van der Waals surface area (Å²) >= 11 is 0. The average Bonchev–Trinajstić information content (AvgIpc) is 2.78. The number of ether oxygens (including phenoxy) is 1. The van der Waals surface area contributed by atoms with E-state index in [2.05, 4.69) is 0 Å². The Hall–Kier alpha value is -1.10. The summed E-state index contributed by atoms with van der Waals surface area (Å²) in [6.07, 6.45) is 6.43. The summed E-state index contributed by atoms with van der Waals surface area (Å²) in [5.41, 5.74) is -0.826. The van der Waals surface area contributed by atoms with E-state index in [9.17, 15) is 14.7 Å². The summed E-state index contributed by atoms with van der Waals surface area (Å²) in [4.78, 5) is 26.1. The fourth-order valence-corrected chi connectivity index (χ4v) is 3.70. The van der Waals surface area contributed by atoms with Crippen molar-refractivity contribution in [3.05, 3.63) is 0 Å². The Balaban J connectivity index is 1.97. The first-order valence-electron chi connectivity index (χ1n) is 8.07. The maximum atomic E-state index is 12.5. The minimum atomic E-state index is -0.826. The van der Waals surface area contributed by atoms with Gasteiger partial charge in [0.1, 0.15) is 0 Å². The SMILES string of the molecule is COCC1CCN(C(=O)CC2(C(=O)O)CCCCCC2)C1. The van der Waals surface area contributed by atoms with E-state index in [-0.39, 0.29) is 12.3 Å². The first-order valence-corrected chi connectivity index (χ1v) is 8.07. The van der Waals surface area contributed by atoms with Crippen LogP contribution < -0.4 is 0 Å². The molecule has 0 aromatic carbocycles. The van der Waals surface area contributed by atoms with Gasteiger partial charge in [-0.1, -0.05) is 25.7 Å². The molecule has 2 aliphatic rings. The Morgan fingerprint density at radius 2 is 1.90 bits per heavy atom. The summed E-state index contributed by atoms with van der Waals surface area (Å²) < 4.78 is 5.15. The molecule has 1 heterocycles. The average molecular weight is 297 g/mol. The third-order valence-electron chi connectivity index (χ3n) is 5.04. The molecule has 1 aliphatic heterocycles. The van der Waals surface area contributed by atoms with Crippen molar-refractivity contribution in [1.29, 1.82) is 0 Å². The van der Waals surface area contributed by atoms with Gasteiger partial charge in [-0.25, -0.2) is 0 Å². The highest BCUT2D eigenvalue weighted by Crippen LogP contribution is 2.39. The number of hydrogen-bond donors (Lipinski definition) is 1. The van der Waals surface area contributed by atoms with Crippen molar-refractivity contribution in [3.8, 4) is 0 Å². The van der Waals surface area contributed by atoms with Crippen LogP contribution in [-0.4, -0.2) is 48.7 Å². The molecule has 5 nitrogen and oxygen atoms in total. The van der Waals surface area contributed by atoms with Crippen LogP contribution in [0.25, 0.3) is 0 Å². The van der Waals surface area contributed by atoms with Crippen molar-refractivity contribution in [2.75, 3.05) is 26.8 Å². The largest absolute Gasteiger partial charge is 0.481 e. The summed E-state index contributed by atoms with van der Waals surface area (Å²) in [6.45, 7) is 2.12. The van der Waals surface area contributed by atoms with Crippen LogP contribution in [0.15, 0.2) is 0 Å². The van der Waals surface area contributed by atoms with Crippen molar-refractivity contribution in [1.82, 2.24) is 4.90 Å². The van der Waals surface area contributed by atoms with Crippen molar-refractivity contribution in [2.45, 2.75) is 51.4 Å². The Morgan fingerprint density at radius 3 is 2.48 bits per heavy atom.